The molecule has 1 saturated heterocycles. The van der Waals surface area contributed by atoms with Crippen molar-refractivity contribution in [3.05, 3.63) is 35.9 Å². The number of benzene rings is 1. The van der Waals surface area contributed by atoms with E-state index < -0.39 is 6.10 Å². The van der Waals surface area contributed by atoms with Gasteiger partial charge in [-0.05, 0) is 43.2 Å². The topological polar surface area (TPSA) is 55.4 Å². The lowest BCUT2D eigenvalue weighted by Crippen LogP contribution is -2.54. The van der Waals surface area contributed by atoms with Crippen molar-refractivity contribution in [3.63, 3.8) is 0 Å². The van der Waals surface area contributed by atoms with Gasteiger partial charge in [0.2, 0.25) is 0 Å². The van der Waals surface area contributed by atoms with E-state index in [1.165, 1.54) is 0 Å². The minimum Gasteiger partial charge on any atom is -0.366 e. The first-order valence-electron chi connectivity index (χ1n) is 9.51. The molecule has 1 aromatic carbocycles. The monoisotopic (exact) mass is 427 g/mol. The summed E-state index contributed by atoms with van der Waals surface area (Å²) in [6, 6.07) is 9.56. The Kier molecular flexibility index (Phi) is 12.3. The molecule has 2 fully saturated rings. The minimum absolute atomic E-state index is 0. The van der Waals surface area contributed by atoms with Crippen molar-refractivity contribution < 1.29 is 14.3 Å². The quantitative estimate of drug-likeness (QED) is 0.714. The molecule has 6 heteroatoms. The number of fused-ring (bicyclic) bond motifs is 1. The lowest BCUT2D eigenvalue weighted by molar-refractivity contribution is -0.140. The van der Waals surface area contributed by atoms with Crippen molar-refractivity contribution in [1.29, 1.82) is 0 Å². The molecular formula is C22H37NO3S2. The van der Waals surface area contributed by atoms with Gasteiger partial charge in [0.25, 0.3) is 0 Å². The Morgan fingerprint density at radius 2 is 1.86 bits per heavy atom. The summed E-state index contributed by atoms with van der Waals surface area (Å²) in [4.78, 5) is 25.5. The second-order valence-electron chi connectivity index (χ2n) is 7.83. The summed E-state index contributed by atoms with van der Waals surface area (Å²) in [6.07, 6.45) is 2.80. The highest BCUT2D eigenvalue weighted by Gasteiger charge is 2.46. The van der Waals surface area contributed by atoms with E-state index in [1.54, 1.807) is 0 Å². The van der Waals surface area contributed by atoms with Crippen LogP contribution < -0.4 is 5.32 Å². The summed E-state index contributed by atoms with van der Waals surface area (Å²) < 4.78 is 6.04. The molecule has 1 aliphatic heterocycles. The third-order valence-corrected chi connectivity index (χ3v) is 5.48. The highest BCUT2D eigenvalue weighted by Crippen LogP contribution is 2.37. The van der Waals surface area contributed by atoms with Crippen LogP contribution in [0.25, 0.3) is 0 Å². The number of ketones is 2. The molecule has 0 spiro atoms. The van der Waals surface area contributed by atoms with Gasteiger partial charge in [-0.25, -0.2) is 0 Å². The Labute approximate surface area is 184 Å². The van der Waals surface area contributed by atoms with Crippen LogP contribution in [0.3, 0.4) is 0 Å². The molecule has 0 amide bonds. The second-order valence-corrected chi connectivity index (χ2v) is 7.83. The van der Waals surface area contributed by atoms with E-state index in [-0.39, 0.29) is 57.9 Å². The molecule has 0 radical (unpaired) electrons. The summed E-state index contributed by atoms with van der Waals surface area (Å²) in [5.74, 6) is 0.910. The summed E-state index contributed by atoms with van der Waals surface area (Å²) in [6.45, 7) is 5.45. The predicted octanol–water partition coefficient (Wildman–Crippen LogP) is 4.01. The van der Waals surface area contributed by atoms with E-state index in [4.69, 9.17) is 4.74 Å². The second kappa shape index (κ2) is 12.7. The predicted molar refractivity (Wildman–Crippen MR) is 125 cm³/mol. The minimum atomic E-state index is -0.454. The molecule has 1 unspecified atom stereocenters. The average Bonchev–Trinajstić information content (AvgIpc) is 3.00. The van der Waals surface area contributed by atoms with Gasteiger partial charge in [-0.3, -0.25) is 9.59 Å². The molecule has 1 aromatic rings. The number of ether oxygens (including phenoxy) is 1. The molecule has 160 valence electrons. The first-order valence-corrected chi connectivity index (χ1v) is 9.51. The normalized spacial score (nSPS) is 24.4. The van der Waals surface area contributed by atoms with E-state index >= 15 is 0 Å². The molecule has 4 nitrogen and oxygen atoms in total. The molecule has 28 heavy (non-hydrogen) atoms. The van der Waals surface area contributed by atoms with Crippen LogP contribution in [-0.2, 0) is 20.9 Å². The van der Waals surface area contributed by atoms with Crippen LogP contribution in [-0.4, -0.2) is 30.3 Å². The van der Waals surface area contributed by atoms with Gasteiger partial charge in [-0.1, -0.05) is 51.6 Å². The first kappa shape index (κ1) is 27.2. The molecule has 2 aliphatic rings. The van der Waals surface area contributed by atoms with Gasteiger partial charge in [0.1, 0.15) is 11.9 Å². The Morgan fingerprint density at radius 3 is 2.50 bits per heavy atom. The van der Waals surface area contributed by atoms with Crippen molar-refractivity contribution in [1.82, 2.24) is 5.32 Å². The van der Waals surface area contributed by atoms with E-state index in [9.17, 15) is 9.59 Å². The third-order valence-electron chi connectivity index (χ3n) is 5.48. The van der Waals surface area contributed by atoms with Crippen LogP contribution in [0.4, 0.5) is 0 Å². The Hall–Kier alpha value is -0.820. The van der Waals surface area contributed by atoms with Gasteiger partial charge in [0, 0.05) is 12.3 Å². The molecular weight excluding hydrogens is 390 g/mol. The number of hydrogen-bond acceptors (Lipinski definition) is 4. The highest BCUT2D eigenvalue weighted by atomic mass is 32.1. The number of hydrogen-bond donors (Lipinski definition) is 1. The van der Waals surface area contributed by atoms with Crippen LogP contribution in [0.15, 0.2) is 30.3 Å². The van der Waals surface area contributed by atoms with Gasteiger partial charge in [0.15, 0.2) is 5.78 Å². The average molecular weight is 428 g/mol. The largest absolute Gasteiger partial charge is 0.366 e. The summed E-state index contributed by atoms with van der Waals surface area (Å²) in [5, 5.41) is 3.32. The van der Waals surface area contributed by atoms with Crippen LogP contribution in [0.1, 0.15) is 52.5 Å². The number of carbonyl (C=O) groups excluding carboxylic acids is 2. The Balaban J connectivity index is 0.00000243. The van der Waals surface area contributed by atoms with Crippen molar-refractivity contribution in [2.24, 2.45) is 17.8 Å². The zero-order valence-electron chi connectivity index (χ0n) is 16.2. The maximum Gasteiger partial charge on any atom is 0.179 e. The summed E-state index contributed by atoms with van der Waals surface area (Å²) in [7, 11) is 0. The van der Waals surface area contributed by atoms with Gasteiger partial charge in [0.05, 0.1) is 12.6 Å². The molecule has 0 aromatic heterocycles. The fraction of sp³-hybridized carbons (Fsp3) is 0.636. The fourth-order valence-corrected chi connectivity index (χ4v) is 4.21. The summed E-state index contributed by atoms with van der Waals surface area (Å²) in [5.41, 5.74) is 1.07. The van der Waals surface area contributed by atoms with Crippen LogP contribution in [0.5, 0.6) is 0 Å². The standard InChI is InChI=1S/C21H29NO3.CH4.2H2S/c1-14(2)12-18(25-13-15-6-4-3-5-7-15)21(24)20-19-16(10-11-22-20)8-9-17(19)23;;;/h3-7,14,16,18-20,22H,8-13H2,1-2H3;1H4;2*1H2/t16-,18+,19+,20?;;;/m1.../s1. The zero-order valence-corrected chi connectivity index (χ0v) is 18.2. The van der Waals surface area contributed by atoms with E-state index in [0.29, 0.717) is 31.3 Å². The highest BCUT2D eigenvalue weighted by molar-refractivity contribution is 7.59. The molecule has 3 rings (SSSR count). The van der Waals surface area contributed by atoms with E-state index in [2.05, 4.69) is 19.2 Å². The number of Topliss-reactive ketones (excluding diaryl/α,β-unsaturated/α-hetero) is 2. The number of carbonyl (C=O) groups is 2. The van der Waals surface area contributed by atoms with Crippen molar-refractivity contribution in [2.75, 3.05) is 6.54 Å². The van der Waals surface area contributed by atoms with E-state index in [1.807, 2.05) is 30.3 Å². The zero-order chi connectivity index (χ0) is 17.8. The van der Waals surface area contributed by atoms with Gasteiger partial charge >= 0.3 is 0 Å². The molecule has 4 atom stereocenters. The van der Waals surface area contributed by atoms with Crippen molar-refractivity contribution >= 4 is 38.6 Å². The van der Waals surface area contributed by atoms with E-state index in [0.717, 1.165) is 24.9 Å². The fourth-order valence-electron chi connectivity index (χ4n) is 4.21. The number of piperidine rings is 1. The molecule has 0 bridgehead atoms. The van der Waals surface area contributed by atoms with Crippen LogP contribution in [0.2, 0.25) is 0 Å². The molecule has 1 heterocycles. The lowest BCUT2D eigenvalue weighted by Gasteiger charge is -2.35. The van der Waals surface area contributed by atoms with Crippen molar-refractivity contribution in [3.8, 4) is 0 Å². The third kappa shape index (κ3) is 6.61. The molecule has 1 saturated carbocycles. The van der Waals surface area contributed by atoms with Gasteiger partial charge < -0.3 is 10.1 Å². The number of rotatable bonds is 7. The molecule has 1 aliphatic carbocycles. The first-order chi connectivity index (χ1) is 12.1. The smallest absolute Gasteiger partial charge is 0.179 e. The lowest BCUT2D eigenvalue weighted by atomic mass is 9.79. The number of nitrogens with one attached hydrogen (secondary N) is 1. The summed E-state index contributed by atoms with van der Waals surface area (Å²) >= 11 is 0. The molecule has 1 N–H and O–H groups in total. The van der Waals surface area contributed by atoms with Crippen LogP contribution in [0, 0.1) is 17.8 Å². The SMILES string of the molecule is C.CC(C)C[C@H](OCc1ccccc1)C(=O)C1NCC[C@H]2CCC(=O)[C@@H]12.S.S. The van der Waals surface area contributed by atoms with Crippen LogP contribution >= 0.6 is 27.0 Å². The maximum atomic E-state index is 13.2. The van der Waals surface area contributed by atoms with Gasteiger partial charge in [-0.2, -0.15) is 27.0 Å². The Morgan fingerprint density at radius 1 is 1.18 bits per heavy atom. The van der Waals surface area contributed by atoms with Gasteiger partial charge in [-0.15, -0.1) is 0 Å². The van der Waals surface area contributed by atoms with Crippen molar-refractivity contribution in [2.45, 2.75) is 65.7 Å². The Bertz CT molecular complexity index is 609. The maximum absolute atomic E-state index is 13.2.